The topological polar surface area (TPSA) is 129 Å². The summed E-state index contributed by atoms with van der Waals surface area (Å²) in [6.45, 7) is 3.82. The Morgan fingerprint density at radius 3 is 2.71 bits per heavy atom. The van der Waals surface area contributed by atoms with Gasteiger partial charge in [-0.05, 0) is 49.0 Å². The zero-order chi connectivity index (χ0) is 25.1. The van der Waals surface area contributed by atoms with E-state index in [2.05, 4.69) is 11.9 Å². The van der Waals surface area contributed by atoms with Crippen molar-refractivity contribution in [1.29, 1.82) is 0 Å². The number of aliphatic hydroxyl groups excluding tert-OH is 3. The molecule has 1 aromatic carbocycles. The summed E-state index contributed by atoms with van der Waals surface area (Å²) in [7, 11) is 1.49. The van der Waals surface area contributed by atoms with Crippen molar-refractivity contribution >= 4 is 11.8 Å². The number of hydrogen-bond acceptors (Lipinski definition) is 7. The van der Waals surface area contributed by atoms with Crippen molar-refractivity contribution in [3.8, 4) is 11.5 Å². The molecule has 4 N–H and O–H groups in total. The van der Waals surface area contributed by atoms with Crippen LogP contribution < -0.4 is 14.8 Å². The van der Waals surface area contributed by atoms with Crippen molar-refractivity contribution in [2.24, 2.45) is 5.92 Å². The highest BCUT2D eigenvalue weighted by molar-refractivity contribution is 5.96. The highest BCUT2D eigenvalue weighted by atomic mass is 16.5. The van der Waals surface area contributed by atoms with Crippen LogP contribution in [0.2, 0.25) is 0 Å². The van der Waals surface area contributed by atoms with Gasteiger partial charge in [0.15, 0.2) is 11.5 Å². The van der Waals surface area contributed by atoms with E-state index in [0.29, 0.717) is 47.1 Å². The third kappa shape index (κ3) is 5.07. The number of aliphatic hydroxyl groups is 3. The van der Waals surface area contributed by atoms with Crippen molar-refractivity contribution in [1.82, 2.24) is 10.2 Å². The number of rotatable bonds is 11. The van der Waals surface area contributed by atoms with Gasteiger partial charge in [-0.15, -0.1) is 6.58 Å². The molecule has 2 amide bonds. The lowest BCUT2D eigenvalue weighted by Gasteiger charge is -2.41. The van der Waals surface area contributed by atoms with Gasteiger partial charge >= 0.3 is 0 Å². The standard InChI is InChI=1S/C26H34N2O7/c1-3-4-5-21(31)28(13-15-6-7-15)19-12-18(26(33)27-8-9-29)22-17-10-16(14-30)11-20(34-2)24(17)35-25(22)23(19)32/h3,10-12,15,19,22-23,25,29-30,32H,1,4-9,13-14H2,2H3,(H,27,33)/t19-,22+,23+,25+/m1/s1. The number of carbonyl (C=O) groups excluding carboxylic acids is 2. The van der Waals surface area contributed by atoms with E-state index in [-0.39, 0.29) is 32.1 Å². The third-order valence-corrected chi connectivity index (χ3v) is 6.89. The van der Waals surface area contributed by atoms with Crippen LogP contribution in [-0.4, -0.2) is 77.1 Å². The lowest BCUT2D eigenvalue weighted by atomic mass is 9.77. The number of allylic oxidation sites excluding steroid dienone is 1. The molecule has 9 nitrogen and oxygen atoms in total. The van der Waals surface area contributed by atoms with E-state index < -0.39 is 30.1 Å². The molecule has 1 aliphatic heterocycles. The molecule has 0 spiro atoms. The third-order valence-electron chi connectivity index (χ3n) is 6.89. The fourth-order valence-corrected chi connectivity index (χ4v) is 4.96. The number of nitrogens with one attached hydrogen (secondary N) is 1. The Balaban J connectivity index is 1.77. The van der Waals surface area contributed by atoms with Crippen LogP contribution in [-0.2, 0) is 16.2 Å². The van der Waals surface area contributed by atoms with Crippen molar-refractivity contribution in [2.45, 2.75) is 56.5 Å². The molecule has 1 heterocycles. The van der Waals surface area contributed by atoms with E-state index >= 15 is 0 Å². The fourth-order valence-electron chi connectivity index (χ4n) is 4.96. The molecular formula is C26H34N2O7. The highest BCUT2D eigenvalue weighted by Gasteiger charge is 2.51. The largest absolute Gasteiger partial charge is 0.493 e. The van der Waals surface area contributed by atoms with Gasteiger partial charge in [0.2, 0.25) is 11.8 Å². The second kappa shape index (κ2) is 10.8. The predicted octanol–water partition coefficient (Wildman–Crippen LogP) is 1.01. The first kappa shape index (κ1) is 25.2. The molecule has 9 heteroatoms. The van der Waals surface area contributed by atoms with E-state index in [4.69, 9.17) is 9.47 Å². The monoisotopic (exact) mass is 486 g/mol. The molecule has 0 aromatic heterocycles. The number of nitrogens with zero attached hydrogens (tertiary/aromatic N) is 1. The Labute approximate surface area is 205 Å². The molecular weight excluding hydrogens is 452 g/mol. The van der Waals surface area contributed by atoms with E-state index in [1.165, 1.54) is 7.11 Å². The number of benzene rings is 1. The molecule has 4 atom stereocenters. The quantitative estimate of drug-likeness (QED) is 0.344. The number of ether oxygens (including phenoxy) is 2. The number of fused-ring (bicyclic) bond motifs is 3. The second-order valence-corrected chi connectivity index (χ2v) is 9.33. The minimum Gasteiger partial charge on any atom is -0.493 e. The normalized spacial score (nSPS) is 24.5. The van der Waals surface area contributed by atoms with Gasteiger partial charge in [-0.2, -0.15) is 0 Å². The lowest BCUT2D eigenvalue weighted by Crippen LogP contribution is -2.56. The van der Waals surface area contributed by atoms with Gasteiger partial charge in [-0.3, -0.25) is 9.59 Å². The summed E-state index contributed by atoms with van der Waals surface area (Å²) >= 11 is 0. The fraction of sp³-hybridized carbons (Fsp3) is 0.538. The summed E-state index contributed by atoms with van der Waals surface area (Å²) in [6.07, 6.45) is 4.28. The SMILES string of the molecule is C=CCCC(=O)N(CC1CC1)[C@@H]1C=C(C(=O)NCCO)[C@@H]2c3cc(CO)cc(OC)c3O[C@@H]2[C@H]1O. The van der Waals surface area contributed by atoms with Gasteiger partial charge < -0.3 is 35.0 Å². The highest BCUT2D eigenvalue weighted by Crippen LogP contribution is 2.51. The first-order valence-electron chi connectivity index (χ1n) is 12.1. The smallest absolute Gasteiger partial charge is 0.247 e. The lowest BCUT2D eigenvalue weighted by molar-refractivity contribution is -0.137. The van der Waals surface area contributed by atoms with Gasteiger partial charge in [-0.1, -0.05) is 6.08 Å². The van der Waals surface area contributed by atoms with Crippen LogP contribution in [0.15, 0.2) is 36.4 Å². The van der Waals surface area contributed by atoms with E-state index in [1.807, 2.05) is 0 Å². The first-order chi connectivity index (χ1) is 16.9. The summed E-state index contributed by atoms with van der Waals surface area (Å²) in [4.78, 5) is 28.1. The summed E-state index contributed by atoms with van der Waals surface area (Å²) < 4.78 is 11.7. The maximum Gasteiger partial charge on any atom is 0.247 e. The van der Waals surface area contributed by atoms with Crippen molar-refractivity contribution in [3.63, 3.8) is 0 Å². The molecule has 1 fully saturated rings. The van der Waals surface area contributed by atoms with Gasteiger partial charge in [-0.25, -0.2) is 0 Å². The molecule has 1 aromatic rings. The Morgan fingerprint density at radius 1 is 1.31 bits per heavy atom. The second-order valence-electron chi connectivity index (χ2n) is 9.33. The van der Waals surface area contributed by atoms with Crippen LogP contribution in [0.3, 0.4) is 0 Å². The molecule has 0 saturated heterocycles. The van der Waals surface area contributed by atoms with Gasteiger partial charge in [0.1, 0.15) is 12.2 Å². The van der Waals surface area contributed by atoms with Crippen molar-refractivity contribution < 1.29 is 34.4 Å². The van der Waals surface area contributed by atoms with Crippen LogP contribution in [0.5, 0.6) is 11.5 Å². The molecule has 190 valence electrons. The molecule has 1 saturated carbocycles. The van der Waals surface area contributed by atoms with Crippen LogP contribution in [0.25, 0.3) is 0 Å². The predicted molar refractivity (Wildman–Crippen MR) is 128 cm³/mol. The average molecular weight is 487 g/mol. The Bertz CT molecular complexity index is 1000. The van der Waals surface area contributed by atoms with Crippen LogP contribution >= 0.6 is 0 Å². The first-order valence-corrected chi connectivity index (χ1v) is 12.1. The zero-order valence-electron chi connectivity index (χ0n) is 20.0. The number of methoxy groups -OCH3 is 1. The van der Waals surface area contributed by atoms with Crippen molar-refractivity contribution in [3.05, 3.63) is 47.6 Å². The van der Waals surface area contributed by atoms with Crippen LogP contribution in [0.1, 0.15) is 42.7 Å². The molecule has 2 aliphatic carbocycles. The van der Waals surface area contributed by atoms with Gasteiger partial charge in [0.25, 0.3) is 0 Å². The minimum absolute atomic E-state index is 0.0680. The molecule has 3 aliphatic rings. The van der Waals surface area contributed by atoms with Gasteiger partial charge in [0, 0.05) is 30.6 Å². The summed E-state index contributed by atoms with van der Waals surface area (Å²) in [5.41, 5.74) is 1.58. The van der Waals surface area contributed by atoms with E-state index in [9.17, 15) is 24.9 Å². The Kier molecular flexibility index (Phi) is 7.78. The molecule has 0 radical (unpaired) electrons. The average Bonchev–Trinajstić information content (AvgIpc) is 3.61. The summed E-state index contributed by atoms with van der Waals surface area (Å²) in [5, 5.41) is 33.2. The van der Waals surface area contributed by atoms with Gasteiger partial charge in [0.05, 0.1) is 32.3 Å². The Morgan fingerprint density at radius 2 is 2.09 bits per heavy atom. The van der Waals surface area contributed by atoms with E-state index in [1.54, 1.807) is 29.2 Å². The van der Waals surface area contributed by atoms with Crippen LogP contribution in [0, 0.1) is 5.92 Å². The molecule has 0 bridgehead atoms. The van der Waals surface area contributed by atoms with E-state index in [0.717, 1.165) is 12.8 Å². The number of hydrogen-bond donors (Lipinski definition) is 4. The summed E-state index contributed by atoms with van der Waals surface area (Å²) in [5.74, 6) is 0.0497. The zero-order valence-corrected chi connectivity index (χ0v) is 20.0. The number of amides is 2. The summed E-state index contributed by atoms with van der Waals surface area (Å²) in [6, 6.07) is 2.66. The molecule has 0 unspecified atom stereocenters. The minimum atomic E-state index is -1.09. The van der Waals surface area contributed by atoms with Crippen molar-refractivity contribution in [2.75, 3.05) is 26.8 Å². The Hall–Kier alpha value is -2.88. The molecule has 35 heavy (non-hydrogen) atoms. The maximum atomic E-state index is 13.2. The molecule has 4 rings (SSSR count). The van der Waals surface area contributed by atoms with Crippen LogP contribution in [0.4, 0.5) is 0 Å². The maximum absolute atomic E-state index is 13.2. The number of carbonyl (C=O) groups is 2.